The van der Waals surface area contributed by atoms with E-state index in [1.165, 1.54) is 24.3 Å². The number of esters is 1. The highest BCUT2D eigenvalue weighted by molar-refractivity contribution is 5.99. The van der Waals surface area contributed by atoms with E-state index in [1.54, 1.807) is 20.8 Å². The molecule has 1 aromatic carbocycles. The number of rotatable bonds is 18. The van der Waals surface area contributed by atoms with Gasteiger partial charge in [-0.3, -0.25) is 33.6 Å². The van der Waals surface area contributed by atoms with Gasteiger partial charge in [0.25, 0.3) is 23.6 Å². The zero-order valence-corrected chi connectivity index (χ0v) is 26.1. The molecule has 240 valence electrons. The van der Waals surface area contributed by atoms with Crippen molar-refractivity contribution in [2.75, 3.05) is 13.1 Å². The number of benzene rings is 1. The molecule has 43 heavy (non-hydrogen) atoms. The van der Waals surface area contributed by atoms with Crippen molar-refractivity contribution in [2.45, 2.75) is 92.0 Å². The summed E-state index contributed by atoms with van der Waals surface area (Å²) < 4.78 is 5.29. The summed E-state index contributed by atoms with van der Waals surface area (Å²) in [5.41, 5.74) is 3.80. The fourth-order valence-corrected chi connectivity index (χ4v) is 3.35. The van der Waals surface area contributed by atoms with Crippen LogP contribution in [0.25, 0.3) is 0 Å². The lowest BCUT2D eigenvalue weighted by molar-refractivity contribution is -0.156. The maximum Gasteiger partial charge on any atom is 0.306 e. The summed E-state index contributed by atoms with van der Waals surface area (Å²) in [6.45, 7) is 13.6. The van der Waals surface area contributed by atoms with Crippen LogP contribution in [0.15, 0.2) is 24.3 Å². The highest BCUT2D eigenvalue weighted by Gasteiger charge is 2.25. The summed E-state index contributed by atoms with van der Waals surface area (Å²) in [5.74, 6) is -2.62. The third-order valence-corrected chi connectivity index (χ3v) is 5.51. The zero-order valence-electron chi connectivity index (χ0n) is 26.1. The number of nitrogens with one attached hydrogen (secondary N) is 4. The molecule has 1 rings (SSSR count). The van der Waals surface area contributed by atoms with Gasteiger partial charge in [-0.2, -0.15) is 0 Å². The van der Waals surface area contributed by atoms with Crippen molar-refractivity contribution in [2.24, 2.45) is 11.8 Å². The summed E-state index contributed by atoms with van der Waals surface area (Å²) in [4.78, 5) is 84.3. The van der Waals surface area contributed by atoms with Crippen molar-refractivity contribution < 1.29 is 43.2 Å². The van der Waals surface area contributed by atoms with E-state index in [2.05, 4.69) is 21.6 Å². The normalized spacial score (nSPS) is 12.7. The fourth-order valence-electron chi connectivity index (χ4n) is 3.35. The molecule has 0 aliphatic carbocycles. The van der Waals surface area contributed by atoms with Crippen LogP contribution in [0, 0.1) is 11.8 Å². The molecule has 13 nitrogen and oxygen atoms in total. The third-order valence-electron chi connectivity index (χ3n) is 5.51. The van der Waals surface area contributed by atoms with Crippen molar-refractivity contribution in [3.05, 3.63) is 35.4 Å². The summed E-state index contributed by atoms with van der Waals surface area (Å²) in [6, 6.07) is 5.58. The van der Waals surface area contributed by atoms with Gasteiger partial charge >= 0.3 is 5.97 Å². The number of carbonyl (C=O) groups is 6. The van der Waals surface area contributed by atoms with Crippen LogP contribution < -0.4 is 21.6 Å². The molecule has 0 heterocycles. The third kappa shape index (κ3) is 15.8. The Morgan fingerprint density at radius 3 is 1.67 bits per heavy atom. The van der Waals surface area contributed by atoms with E-state index >= 15 is 0 Å². The van der Waals surface area contributed by atoms with E-state index in [4.69, 9.17) is 14.4 Å². The second-order valence-corrected chi connectivity index (χ2v) is 11.8. The number of hydrogen-bond donors (Lipinski definition) is 4. The quantitative estimate of drug-likeness (QED) is 0.111. The van der Waals surface area contributed by atoms with Crippen LogP contribution in [0.4, 0.5) is 0 Å². The Labute approximate surface area is 253 Å². The lowest BCUT2D eigenvalue weighted by Gasteiger charge is -2.21. The smallest absolute Gasteiger partial charge is 0.306 e. The van der Waals surface area contributed by atoms with Crippen molar-refractivity contribution in [3.8, 4) is 0 Å². The summed E-state index contributed by atoms with van der Waals surface area (Å²) in [7, 11) is 0. The standard InChI is InChI=1S/C30H46N4O9/c1-19(2)17-31-28(39)23(12-9-15-35)42-33-26(37)21-10-8-11-22(16-21)27(38)34-43-24(29(40)32-18-20(3)4)13-14-25(36)41-30(5,6)7/h8,10-11,15-16,19-20,23-24H,9,12-14,17-18H2,1-7H3,(H,31,39)(H,32,40)(H,33,37)(H,34,38)/t23-,24-/m0/s1. The second kappa shape index (κ2) is 18.6. The van der Waals surface area contributed by atoms with E-state index < -0.39 is 47.4 Å². The minimum atomic E-state index is -1.18. The predicted octanol–water partition coefficient (Wildman–Crippen LogP) is 2.39. The van der Waals surface area contributed by atoms with Crippen LogP contribution in [0.1, 0.15) is 94.9 Å². The van der Waals surface area contributed by atoms with Gasteiger partial charge in [0.15, 0.2) is 12.2 Å². The van der Waals surface area contributed by atoms with Gasteiger partial charge in [-0.15, -0.1) is 0 Å². The first-order valence-electron chi connectivity index (χ1n) is 14.4. The molecule has 0 aliphatic rings. The molecule has 4 amide bonds. The van der Waals surface area contributed by atoms with Crippen LogP contribution in [-0.4, -0.2) is 66.8 Å². The van der Waals surface area contributed by atoms with E-state index in [-0.39, 0.29) is 48.6 Å². The topological polar surface area (TPSA) is 178 Å². The number of hydrogen-bond acceptors (Lipinski definition) is 9. The first kappa shape index (κ1) is 37.2. The Morgan fingerprint density at radius 2 is 1.26 bits per heavy atom. The molecule has 1 aromatic rings. The van der Waals surface area contributed by atoms with Gasteiger partial charge in [-0.05, 0) is 63.6 Å². The Morgan fingerprint density at radius 1 is 0.791 bits per heavy atom. The lowest BCUT2D eigenvalue weighted by Crippen LogP contribution is -2.42. The molecule has 4 N–H and O–H groups in total. The molecule has 2 atom stereocenters. The van der Waals surface area contributed by atoms with Crippen molar-refractivity contribution in [3.63, 3.8) is 0 Å². The number of aldehydes is 1. The van der Waals surface area contributed by atoms with Crippen LogP contribution >= 0.6 is 0 Å². The Bertz CT molecular complexity index is 1100. The zero-order chi connectivity index (χ0) is 32.6. The molecule has 0 saturated carbocycles. The average molecular weight is 607 g/mol. The highest BCUT2D eigenvalue weighted by Crippen LogP contribution is 2.12. The van der Waals surface area contributed by atoms with Gasteiger partial charge in [0.05, 0.1) is 0 Å². The van der Waals surface area contributed by atoms with Crippen LogP contribution in [0.2, 0.25) is 0 Å². The van der Waals surface area contributed by atoms with E-state index in [1.807, 2.05) is 27.7 Å². The molecule has 0 radical (unpaired) electrons. The Balaban J connectivity index is 2.87. The molecule has 0 aliphatic heterocycles. The van der Waals surface area contributed by atoms with Gasteiger partial charge in [-0.1, -0.05) is 33.8 Å². The molecular weight excluding hydrogens is 560 g/mol. The first-order chi connectivity index (χ1) is 20.1. The van der Waals surface area contributed by atoms with Gasteiger partial charge < -0.3 is 20.2 Å². The Hall–Kier alpha value is -3.84. The molecule has 0 bridgehead atoms. The minimum absolute atomic E-state index is 0.0355. The SMILES string of the molecule is CC(C)CNC(=O)[C@H](CCC=O)ONC(=O)c1cccc(C(=O)NO[C@@H](CCC(=O)OC(C)(C)C)C(=O)NCC(C)C)c1. The van der Waals surface area contributed by atoms with Gasteiger partial charge in [0.1, 0.15) is 11.9 Å². The minimum Gasteiger partial charge on any atom is -0.460 e. The highest BCUT2D eigenvalue weighted by atomic mass is 16.7. The van der Waals surface area contributed by atoms with Crippen LogP contribution in [0.3, 0.4) is 0 Å². The molecule has 0 saturated heterocycles. The molecule has 0 unspecified atom stereocenters. The largest absolute Gasteiger partial charge is 0.460 e. The predicted molar refractivity (Wildman–Crippen MR) is 157 cm³/mol. The lowest BCUT2D eigenvalue weighted by atomic mass is 10.1. The maximum atomic E-state index is 12.8. The van der Waals surface area contributed by atoms with E-state index in [9.17, 15) is 28.8 Å². The molecule has 0 aromatic heterocycles. The number of amides is 4. The molecule has 0 fully saturated rings. The van der Waals surface area contributed by atoms with Gasteiger partial charge in [-0.25, -0.2) is 11.0 Å². The summed E-state index contributed by atoms with van der Waals surface area (Å²) >= 11 is 0. The van der Waals surface area contributed by atoms with Gasteiger partial charge in [0, 0.05) is 37.1 Å². The first-order valence-corrected chi connectivity index (χ1v) is 14.4. The molecule has 0 spiro atoms. The van der Waals surface area contributed by atoms with Crippen molar-refractivity contribution in [1.82, 2.24) is 21.6 Å². The number of ether oxygens (including phenoxy) is 1. The molecule has 13 heteroatoms. The Kier molecular flexibility index (Phi) is 16.1. The average Bonchev–Trinajstić information content (AvgIpc) is 2.93. The molecular formula is C30H46N4O9. The van der Waals surface area contributed by atoms with E-state index in [0.29, 0.717) is 19.4 Å². The van der Waals surface area contributed by atoms with Crippen LogP contribution in [0.5, 0.6) is 0 Å². The van der Waals surface area contributed by atoms with Crippen LogP contribution in [-0.2, 0) is 33.6 Å². The monoisotopic (exact) mass is 606 g/mol. The number of hydroxylamine groups is 2. The van der Waals surface area contributed by atoms with Crippen molar-refractivity contribution >= 4 is 35.9 Å². The fraction of sp³-hybridized carbons (Fsp3) is 0.600. The van der Waals surface area contributed by atoms with E-state index in [0.717, 1.165) is 0 Å². The van der Waals surface area contributed by atoms with Gasteiger partial charge in [0.2, 0.25) is 0 Å². The summed E-state index contributed by atoms with van der Waals surface area (Å²) in [6.07, 6.45) is -1.67. The summed E-state index contributed by atoms with van der Waals surface area (Å²) in [5, 5.41) is 5.41. The van der Waals surface area contributed by atoms with Crippen molar-refractivity contribution in [1.29, 1.82) is 0 Å². The number of carbonyl (C=O) groups excluding carboxylic acids is 6. The maximum absolute atomic E-state index is 12.8. The second-order valence-electron chi connectivity index (χ2n) is 11.8.